The molecule has 0 aliphatic carbocycles. The number of fused-ring (bicyclic) bond motifs is 1. The van der Waals surface area contributed by atoms with Gasteiger partial charge in [-0.3, -0.25) is 9.78 Å². The highest BCUT2D eigenvalue weighted by Crippen LogP contribution is 2.32. The van der Waals surface area contributed by atoms with Crippen molar-refractivity contribution in [3.8, 4) is 11.3 Å². The summed E-state index contributed by atoms with van der Waals surface area (Å²) < 4.78 is 1.78. The second kappa shape index (κ2) is 7.51. The van der Waals surface area contributed by atoms with E-state index >= 15 is 0 Å². The van der Waals surface area contributed by atoms with Crippen molar-refractivity contribution in [1.29, 1.82) is 0 Å². The van der Waals surface area contributed by atoms with Crippen LogP contribution in [0.1, 0.15) is 29.9 Å². The highest BCUT2D eigenvalue weighted by Gasteiger charge is 2.28. The monoisotopic (exact) mass is 402 g/mol. The summed E-state index contributed by atoms with van der Waals surface area (Å²) in [5.74, 6) is 0.0572. The quantitative estimate of drug-likeness (QED) is 0.525. The average Bonchev–Trinajstić information content (AvgIpc) is 3.15. The lowest BCUT2D eigenvalue weighted by Crippen LogP contribution is -2.41. The van der Waals surface area contributed by atoms with Gasteiger partial charge in [0, 0.05) is 24.5 Å². The zero-order valence-electron chi connectivity index (χ0n) is 17.0. The molecule has 0 saturated heterocycles. The van der Waals surface area contributed by atoms with Gasteiger partial charge in [0.2, 0.25) is 0 Å². The van der Waals surface area contributed by atoms with E-state index in [4.69, 9.17) is 10.8 Å². The van der Waals surface area contributed by atoms with Crippen molar-refractivity contribution >= 4 is 22.8 Å². The Morgan fingerprint density at radius 1 is 1.13 bits per heavy atom. The van der Waals surface area contributed by atoms with Crippen molar-refractivity contribution in [3.63, 3.8) is 0 Å². The van der Waals surface area contributed by atoms with Gasteiger partial charge in [-0.1, -0.05) is 29.8 Å². The lowest BCUT2D eigenvalue weighted by atomic mass is 10.1. The van der Waals surface area contributed by atoms with Crippen LogP contribution < -0.4 is 11.1 Å². The van der Waals surface area contributed by atoms with Crippen molar-refractivity contribution < 1.29 is 4.79 Å². The van der Waals surface area contributed by atoms with Crippen LogP contribution in [0.2, 0.25) is 0 Å². The highest BCUT2D eigenvalue weighted by molar-refractivity contribution is 5.98. The molecule has 9 nitrogen and oxygen atoms in total. The van der Waals surface area contributed by atoms with Crippen molar-refractivity contribution in [1.82, 2.24) is 35.0 Å². The van der Waals surface area contributed by atoms with Gasteiger partial charge in [0.15, 0.2) is 5.65 Å². The predicted octanol–water partition coefficient (Wildman–Crippen LogP) is 2.34. The van der Waals surface area contributed by atoms with Crippen LogP contribution >= 0.6 is 0 Å². The molecule has 0 atom stereocenters. The second-order valence-electron chi connectivity index (χ2n) is 7.67. The Kier molecular flexibility index (Phi) is 4.86. The van der Waals surface area contributed by atoms with Crippen LogP contribution in [0, 0.1) is 6.92 Å². The predicted molar refractivity (Wildman–Crippen MR) is 114 cm³/mol. The molecule has 1 amide bonds. The van der Waals surface area contributed by atoms with Crippen LogP contribution in [-0.2, 0) is 5.54 Å². The third kappa shape index (κ3) is 3.57. The lowest BCUT2D eigenvalue weighted by Gasteiger charge is -2.26. The molecule has 0 radical (unpaired) electrons. The summed E-state index contributed by atoms with van der Waals surface area (Å²) >= 11 is 0. The summed E-state index contributed by atoms with van der Waals surface area (Å²) in [4.78, 5) is 29.0. The minimum Gasteiger partial charge on any atom is -0.383 e. The number of anilines is 1. The Morgan fingerprint density at radius 3 is 2.60 bits per heavy atom. The standard InChI is InChI=1S/C21H22N8O/c1-13-4-6-14(7-5-13)17-16-18(22)26-12-27-19(16)29(28-17)21(2,3)11-25-20(30)15-10-23-8-9-24-15/h4-10,12H,11H2,1-3H3,(H,25,30)(H2,22,26,27). The molecule has 0 spiro atoms. The number of carbonyl (C=O) groups excluding carboxylic acids is 1. The molecule has 0 bridgehead atoms. The Morgan fingerprint density at radius 2 is 1.90 bits per heavy atom. The van der Waals surface area contributed by atoms with Gasteiger partial charge >= 0.3 is 0 Å². The molecule has 4 aromatic rings. The van der Waals surface area contributed by atoms with Gasteiger partial charge in [-0.15, -0.1) is 0 Å². The number of carbonyl (C=O) groups is 1. The van der Waals surface area contributed by atoms with Gasteiger partial charge in [-0.25, -0.2) is 19.6 Å². The van der Waals surface area contributed by atoms with Crippen LogP contribution in [-0.4, -0.2) is 42.2 Å². The fourth-order valence-electron chi connectivity index (χ4n) is 3.19. The molecule has 3 heterocycles. The molecular formula is C21H22N8O. The molecule has 9 heteroatoms. The number of benzene rings is 1. The first-order chi connectivity index (χ1) is 14.4. The van der Waals surface area contributed by atoms with E-state index in [2.05, 4.69) is 25.3 Å². The van der Waals surface area contributed by atoms with E-state index in [1.165, 1.54) is 24.9 Å². The molecular weight excluding hydrogens is 380 g/mol. The van der Waals surface area contributed by atoms with Gasteiger partial charge in [0.1, 0.15) is 23.5 Å². The van der Waals surface area contributed by atoms with Crippen LogP contribution in [0.3, 0.4) is 0 Å². The van der Waals surface area contributed by atoms with Crippen LogP contribution in [0.5, 0.6) is 0 Å². The normalized spacial score (nSPS) is 11.6. The number of aromatic nitrogens is 6. The molecule has 1 aromatic carbocycles. The first-order valence-corrected chi connectivity index (χ1v) is 9.48. The largest absolute Gasteiger partial charge is 0.383 e. The third-order valence-corrected chi connectivity index (χ3v) is 4.87. The molecule has 0 unspecified atom stereocenters. The average molecular weight is 402 g/mol. The molecule has 0 aliphatic heterocycles. The number of nitrogens with one attached hydrogen (secondary N) is 1. The molecule has 0 aliphatic rings. The third-order valence-electron chi connectivity index (χ3n) is 4.87. The number of hydrogen-bond donors (Lipinski definition) is 2. The number of amides is 1. The number of hydrogen-bond acceptors (Lipinski definition) is 7. The number of nitrogens with two attached hydrogens (primary N) is 1. The van der Waals surface area contributed by atoms with Gasteiger partial charge < -0.3 is 11.1 Å². The van der Waals surface area contributed by atoms with E-state index in [1.807, 2.05) is 45.0 Å². The number of rotatable bonds is 5. The first-order valence-electron chi connectivity index (χ1n) is 9.48. The fourth-order valence-corrected chi connectivity index (χ4v) is 3.19. The van der Waals surface area contributed by atoms with Crippen molar-refractivity contribution in [3.05, 3.63) is 60.4 Å². The summed E-state index contributed by atoms with van der Waals surface area (Å²) in [7, 11) is 0. The lowest BCUT2D eigenvalue weighted by molar-refractivity contribution is 0.0931. The molecule has 152 valence electrons. The van der Waals surface area contributed by atoms with E-state index in [0.29, 0.717) is 29.1 Å². The zero-order chi connectivity index (χ0) is 21.3. The van der Waals surface area contributed by atoms with E-state index in [1.54, 1.807) is 4.68 Å². The minimum absolute atomic E-state index is 0.255. The SMILES string of the molecule is Cc1ccc(-c2nn(C(C)(C)CNC(=O)c3cnccn3)c3ncnc(N)c23)cc1. The Hall–Kier alpha value is -3.88. The van der Waals surface area contributed by atoms with E-state index in [0.717, 1.165) is 11.1 Å². The summed E-state index contributed by atoms with van der Waals surface area (Å²) in [5, 5.41) is 8.41. The van der Waals surface area contributed by atoms with Crippen LogP contribution in [0.25, 0.3) is 22.3 Å². The van der Waals surface area contributed by atoms with Gasteiger partial charge in [-0.05, 0) is 20.8 Å². The topological polar surface area (TPSA) is 124 Å². The highest BCUT2D eigenvalue weighted by atomic mass is 16.1. The van der Waals surface area contributed by atoms with Gasteiger partial charge in [0.05, 0.1) is 17.1 Å². The first kappa shape index (κ1) is 19.4. The van der Waals surface area contributed by atoms with Crippen molar-refractivity contribution in [2.24, 2.45) is 0 Å². The second-order valence-corrected chi connectivity index (χ2v) is 7.67. The molecule has 4 rings (SSSR count). The molecule has 0 saturated carbocycles. The fraction of sp³-hybridized carbons (Fsp3) is 0.238. The smallest absolute Gasteiger partial charge is 0.271 e. The van der Waals surface area contributed by atoms with Crippen molar-refractivity contribution in [2.75, 3.05) is 12.3 Å². The Bertz CT molecular complexity index is 1200. The van der Waals surface area contributed by atoms with E-state index < -0.39 is 5.54 Å². The maximum atomic E-state index is 12.4. The summed E-state index contributed by atoms with van der Waals surface area (Å²) in [6, 6.07) is 8.03. The van der Waals surface area contributed by atoms with E-state index in [-0.39, 0.29) is 11.6 Å². The maximum Gasteiger partial charge on any atom is 0.271 e. The molecule has 3 aromatic heterocycles. The number of aryl methyl sites for hydroxylation is 1. The summed E-state index contributed by atoms with van der Waals surface area (Å²) in [6.07, 6.45) is 5.85. The molecule has 30 heavy (non-hydrogen) atoms. The summed E-state index contributed by atoms with van der Waals surface area (Å²) in [6.45, 7) is 6.26. The zero-order valence-corrected chi connectivity index (χ0v) is 17.0. The molecule has 0 fully saturated rings. The van der Waals surface area contributed by atoms with Gasteiger partial charge in [0.25, 0.3) is 5.91 Å². The van der Waals surface area contributed by atoms with Crippen LogP contribution in [0.15, 0.2) is 49.2 Å². The number of nitrogen functional groups attached to an aromatic ring is 1. The van der Waals surface area contributed by atoms with Crippen LogP contribution in [0.4, 0.5) is 5.82 Å². The Labute approximate surface area is 173 Å². The molecule has 3 N–H and O–H groups in total. The maximum absolute atomic E-state index is 12.4. The van der Waals surface area contributed by atoms with Crippen molar-refractivity contribution in [2.45, 2.75) is 26.3 Å². The van der Waals surface area contributed by atoms with Gasteiger partial charge in [-0.2, -0.15) is 5.10 Å². The minimum atomic E-state index is -0.597. The number of nitrogens with zero attached hydrogens (tertiary/aromatic N) is 6. The summed E-state index contributed by atoms with van der Waals surface area (Å²) in [5.41, 5.74) is 9.23. The van der Waals surface area contributed by atoms with E-state index in [9.17, 15) is 4.79 Å². The Balaban J connectivity index is 1.72.